The molecule has 0 spiro atoms. The number of ether oxygens (including phenoxy) is 2. The molecule has 1 aliphatic rings. The van der Waals surface area contributed by atoms with Crippen molar-refractivity contribution < 1.29 is 23.0 Å². The molecule has 2 atom stereocenters. The monoisotopic (exact) mass is 375 g/mol. The van der Waals surface area contributed by atoms with Crippen LogP contribution in [0.15, 0.2) is 42.5 Å². The molecule has 0 saturated heterocycles. The number of hydrogen-bond acceptors (Lipinski definition) is 3. The van der Waals surface area contributed by atoms with E-state index in [9.17, 15) is 13.6 Å². The Balaban J connectivity index is 1.67. The number of rotatable bonds is 5. The zero-order valence-electron chi connectivity index (χ0n) is 15.6. The second-order valence-corrected chi connectivity index (χ2v) is 7.67. The quantitative estimate of drug-likeness (QED) is 0.807. The first-order valence-electron chi connectivity index (χ1n) is 8.88. The van der Waals surface area contributed by atoms with Gasteiger partial charge in [0.25, 0.3) is 0 Å². The van der Waals surface area contributed by atoms with Crippen molar-refractivity contribution in [1.82, 2.24) is 5.32 Å². The minimum Gasteiger partial charge on any atom is -0.489 e. The van der Waals surface area contributed by atoms with Crippen molar-refractivity contribution in [3.63, 3.8) is 0 Å². The van der Waals surface area contributed by atoms with Gasteiger partial charge in [0.15, 0.2) is 0 Å². The smallest absolute Gasteiger partial charge is 0.407 e. The molecule has 0 aromatic heterocycles. The van der Waals surface area contributed by atoms with E-state index in [1.54, 1.807) is 45.0 Å². The van der Waals surface area contributed by atoms with Crippen molar-refractivity contribution >= 4 is 6.09 Å². The molecule has 144 valence electrons. The van der Waals surface area contributed by atoms with Gasteiger partial charge in [-0.05, 0) is 57.0 Å². The molecule has 1 aliphatic carbocycles. The summed E-state index contributed by atoms with van der Waals surface area (Å²) in [6.07, 6.45) is 0.0878. The van der Waals surface area contributed by atoms with Crippen molar-refractivity contribution in [2.45, 2.75) is 51.4 Å². The van der Waals surface area contributed by atoms with Gasteiger partial charge in [-0.1, -0.05) is 18.2 Å². The van der Waals surface area contributed by atoms with Gasteiger partial charge in [0.2, 0.25) is 0 Å². The summed E-state index contributed by atoms with van der Waals surface area (Å²) in [6, 6.07) is 10.5. The number of carbonyl (C=O) groups excluding carboxylic acids is 1. The van der Waals surface area contributed by atoms with Gasteiger partial charge in [-0.3, -0.25) is 0 Å². The van der Waals surface area contributed by atoms with Crippen LogP contribution in [0, 0.1) is 11.6 Å². The second-order valence-electron chi connectivity index (χ2n) is 7.67. The van der Waals surface area contributed by atoms with Crippen molar-refractivity contribution in [3.8, 4) is 5.75 Å². The maximum absolute atomic E-state index is 14.4. The summed E-state index contributed by atoms with van der Waals surface area (Å²) >= 11 is 0. The third kappa shape index (κ3) is 5.18. The molecule has 27 heavy (non-hydrogen) atoms. The summed E-state index contributed by atoms with van der Waals surface area (Å²) in [7, 11) is 0. The molecule has 4 nitrogen and oxygen atoms in total. The predicted molar refractivity (Wildman–Crippen MR) is 97.6 cm³/mol. The molecule has 3 rings (SSSR count). The predicted octanol–water partition coefficient (Wildman–Crippen LogP) is 4.92. The fourth-order valence-electron chi connectivity index (χ4n) is 2.92. The lowest BCUT2D eigenvalue weighted by molar-refractivity contribution is 0.0522. The highest BCUT2D eigenvalue weighted by Gasteiger charge is 2.43. The highest BCUT2D eigenvalue weighted by atomic mass is 19.1. The first kappa shape index (κ1) is 19.1. The topological polar surface area (TPSA) is 47.6 Å². The first-order chi connectivity index (χ1) is 12.7. The fraction of sp³-hybridized carbons (Fsp3) is 0.381. The van der Waals surface area contributed by atoms with Gasteiger partial charge in [-0.15, -0.1) is 0 Å². The Morgan fingerprint density at radius 3 is 2.63 bits per heavy atom. The molecule has 2 aromatic carbocycles. The molecule has 0 radical (unpaired) electrons. The Morgan fingerprint density at radius 2 is 1.93 bits per heavy atom. The summed E-state index contributed by atoms with van der Waals surface area (Å²) in [4.78, 5) is 11.9. The van der Waals surface area contributed by atoms with E-state index in [0.29, 0.717) is 23.3 Å². The van der Waals surface area contributed by atoms with Crippen LogP contribution in [0.4, 0.5) is 13.6 Å². The highest BCUT2D eigenvalue weighted by molar-refractivity contribution is 5.69. The van der Waals surface area contributed by atoms with Crippen molar-refractivity contribution in [3.05, 3.63) is 65.2 Å². The number of halogens is 2. The van der Waals surface area contributed by atoms with Crippen LogP contribution in [0.1, 0.15) is 44.2 Å². The van der Waals surface area contributed by atoms with Gasteiger partial charge in [0.1, 0.15) is 29.6 Å². The van der Waals surface area contributed by atoms with Gasteiger partial charge in [-0.25, -0.2) is 13.6 Å². The molecule has 2 unspecified atom stereocenters. The van der Waals surface area contributed by atoms with Crippen LogP contribution < -0.4 is 10.1 Å². The van der Waals surface area contributed by atoms with E-state index >= 15 is 0 Å². The van der Waals surface area contributed by atoms with Crippen LogP contribution in [0.25, 0.3) is 0 Å². The summed E-state index contributed by atoms with van der Waals surface area (Å²) in [5, 5.41) is 2.76. The van der Waals surface area contributed by atoms with E-state index in [-0.39, 0.29) is 30.2 Å². The molecule has 0 aliphatic heterocycles. The van der Waals surface area contributed by atoms with Crippen molar-refractivity contribution in [1.29, 1.82) is 0 Å². The lowest BCUT2D eigenvalue weighted by Gasteiger charge is -2.20. The zero-order chi connectivity index (χ0) is 19.6. The SMILES string of the molecule is CC(C)(C)OC(=O)NC1CC1c1c(F)cccc1OCc1cccc(F)c1. The Bertz CT molecular complexity index is 832. The average molecular weight is 375 g/mol. The van der Waals surface area contributed by atoms with Gasteiger partial charge >= 0.3 is 6.09 Å². The van der Waals surface area contributed by atoms with Crippen LogP contribution in [0.5, 0.6) is 5.75 Å². The van der Waals surface area contributed by atoms with Crippen LogP contribution in [-0.2, 0) is 11.3 Å². The Kier molecular flexibility index (Phi) is 5.35. The van der Waals surface area contributed by atoms with E-state index in [4.69, 9.17) is 9.47 Å². The summed E-state index contributed by atoms with van der Waals surface area (Å²) < 4.78 is 38.7. The standard InChI is InChI=1S/C21H23F2NO3/c1-21(2,3)27-20(25)24-17-11-15(17)19-16(23)8-5-9-18(19)26-12-13-6-4-7-14(22)10-13/h4-10,15,17H,11-12H2,1-3H3,(H,24,25). The molecule has 0 heterocycles. The lowest BCUT2D eigenvalue weighted by atomic mass is 10.1. The minimum atomic E-state index is -0.592. The minimum absolute atomic E-state index is 0.130. The number of alkyl carbamates (subject to hydrolysis) is 1. The van der Waals surface area contributed by atoms with E-state index in [0.717, 1.165) is 0 Å². The normalized spacial score (nSPS) is 18.7. The van der Waals surface area contributed by atoms with E-state index in [1.807, 2.05) is 0 Å². The van der Waals surface area contributed by atoms with E-state index in [2.05, 4.69) is 5.32 Å². The largest absolute Gasteiger partial charge is 0.489 e. The van der Waals surface area contributed by atoms with E-state index in [1.165, 1.54) is 18.2 Å². The summed E-state index contributed by atoms with van der Waals surface area (Å²) in [6.45, 7) is 5.48. The fourth-order valence-corrected chi connectivity index (χ4v) is 2.92. The molecule has 1 N–H and O–H groups in total. The molecule has 1 amide bonds. The Morgan fingerprint density at radius 1 is 1.19 bits per heavy atom. The van der Waals surface area contributed by atoms with Gasteiger partial charge < -0.3 is 14.8 Å². The van der Waals surface area contributed by atoms with Crippen LogP contribution >= 0.6 is 0 Å². The van der Waals surface area contributed by atoms with Gasteiger partial charge in [0.05, 0.1) is 0 Å². The van der Waals surface area contributed by atoms with Gasteiger partial charge in [0, 0.05) is 17.5 Å². The molecule has 1 fully saturated rings. The molecule has 0 bridgehead atoms. The van der Waals surface area contributed by atoms with Crippen LogP contribution in [-0.4, -0.2) is 17.7 Å². The van der Waals surface area contributed by atoms with Crippen LogP contribution in [0.3, 0.4) is 0 Å². The Labute approximate surface area is 157 Å². The average Bonchev–Trinajstić information content (AvgIpc) is 3.29. The highest BCUT2D eigenvalue weighted by Crippen LogP contribution is 2.46. The second kappa shape index (κ2) is 7.55. The Hall–Kier alpha value is -2.63. The van der Waals surface area contributed by atoms with Crippen molar-refractivity contribution in [2.75, 3.05) is 0 Å². The van der Waals surface area contributed by atoms with Crippen molar-refractivity contribution in [2.24, 2.45) is 0 Å². The maximum Gasteiger partial charge on any atom is 0.407 e. The number of hydrogen-bond donors (Lipinski definition) is 1. The first-order valence-corrected chi connectivity index (χ1v) is 8.88. The number of nitrogens with one attached hydrogen (secondary N) is 1. The van der Waals surface area contributed by atoms with E-state index < -0.39 is 11.7 Å². The maximum atomic E-state index is 14.4. The summed E-state index contributed by atoms with van der Waals surface area (Å²) in [5.41, 5.74) is 0.491. The number of amides is 1. The number of carbonyl (C=O) groups is 1. The van der Waals surface area contributed by atoms with Crippen LogP contribution in [0.2, 0.25) is 0 Å². The summed E-state index contributed by atoms with van der Waals surface area (Å²) in [5.74, 6) is -0.511. The molecule has 2 aromatic rings. The third-order valence-electron chi connectivity index (χ3n) is 4.16. The molecular weight excluding hydrogens is 352 g/mol. The number of benzene rings is 2. The molecule has 6 heteroatoms. The molecular formula is C21H23F2NO3. The zero-order valence-corrected chi connectivity index (χ0v) is 15.6. The molecule has 1 saturated carbocycles. The van der Waals surface area contributed by atoms with Gasteiger partial charge in [-0.2, -0.15) is 0 Å². The lowest BCUT2D eigenvalue weighted by Crippen LogP contribution is -2.34. The third-order valence-corrected chi connectivity index (χ3v) is 4.16.